The third-order valence-corrected chi connectivity index (χ3v) is 9.08. The van der Waals surface area contributed by atoms with Gasteiger partial charge in [0.2, 0.25) is 5.79 Å². The molecule has 5 atom stereocenters. The maximum absolute atomic E-state index is 13.8. The number of ether oxygens (including phenoxy) is 1. The van der Waals surface area contributed by atoms with Crippen LogP contribution in [-0.2, 0) is 16.0 Å². The number of Topliss-reactive ketones (excluding diaryl/α,β-unsaturated/α-hetero) is 2. The van der Waals surface area contributed by atoms with Crippen molar-refractivity contribution in [3.05, 3.63) is 51.5 Å². The van der Waals surface area contributed by atoms with Crippen LogP contribution in [0.4, 0.5) is 0 Å². The van der Waals surface area contributed by atoms with Gasteiger partial charge in [-0.05, 0) is 63.4 Å². The smallest absolute Gasteiger partial charge is 0.253 e. The molecule has 11 nitrogen and oxygen atoms in total. The number of ketones is 2. The van der Waals surface area contributed by atoms with Gasteiger partial charge in [0.15, 0.2) is 17.2 Å². The molecule has 1 aliphatic heterocycles. The highest BCUT2D eigenvalue weighted by Gasteiger charge is 2.84. The fourth-order valence-corrected chi connectivity index (χ4v) is 7.07. The molecule has 7 N–H and O–H groups in total. The SMILES string of the molecule is CN(C)[C@@H]1C(O)=C(C(N)=O)C2(O)O[C@@]23C(O)=C2C(=O)c4c(O)ccc(C(=O)CNC5CCC5)c4C[C@H]2C[C@@H]13. The van der Waals surface area contributed by atoms with Gasteiger partial charge in [0, 0.05) is 23.1 Å². The number of aromatic hydroxyl groups is 1. The number of nitrogens with two attached hydrogens (primary N) is 1. The Morgan fingerprint density at radius 3 is 2.53 bits per heavy atom. The number of benzene rings is 1. The Kier molecular flexibility index (Phi) is 5.36. The lowest BCUT2D eigenvalue weighted by Crippen LogP contribution is -2.57. The fraction of sp³-hybridized carbons (Fsp3) is 0.519. The van der Waals surface area contributed by atoms with Gasteiger partial charge in [-0.25, -0.2) is 0 Å². The van der Waals surface area contributed by atoms with Crippen molar-refractivity contribution in [1.29, 1.82) is 0 Å². The Bertz CT molecular complexity index is 1360. The molecule has 4 aliphatic carbocycles. The topological polar surface area (TPSA) is 186 Å². The highest BCUT2D eigenvalue weighted by molar-refractivity contribution is 6.15. The number of phenolic OH excluding ortho intramolecular Hbond substituents is 1. The molecule has 1 amide bonds. The summed E-state index contributed by atoms with van der Waals surface area (Å²) in [6.07, 6.45) is 3.51. The zero-order chi connectivity index (χ0) is 27.3. The molecule has 202 valence electrons. The van der Waals surface area contributed by atoms with Crippen LogP contribution in [0.5, 0.6) is 5.75 Å². The van der Waals surface area contributed by atoms with E-state index < -0.39 is 58.0 Å². The molecular weight excluding hydrogens is 494 g/mol. The number of nitrogens with one attached hydrogen (secondary N) is 1. The molecule has 1 heterocycles. The van der Waals surface area contributed by atoms with Crippen molar-refractivity contribution in [3.8, 4) is 5.75 Å². The van der Waals surface area contributed by atoms with E-state index in [0.717, 1.165) is 19.3 Å². The molecule has 1 unspecified atom stereocenters. The summed E-state index contributed by atoms with van der Waals surface area (Å²) in [5, 5.41) is 47.7. The summed E-state index contributed by atoms with van der Waals surface area (Å²) in [6.45, 7) is 0.110. The number of aliphatic hydroxyl groups excluding tert-OH is 2. The number of phenols is 1. The van der Waals surface area contributed by atoms with Crippen LogP contribution in [-0.4, -0.2) is 86.9 Å². The lowest BCUT2D eigenvalue weighted by molar-refractivity contribution is -0.117. The third kappa shape index (κ3) is 3.07. The van der Waals surface area contributed by atoms with Gasteiger partial charge in [0.25, 0.3) is 5.91 Å². The molecule has 0 radical (unpaired) electrons. The first-order valence-electron chi connectivity index (χ1n) is 12.9. The minimum atomic E-state index is -2.39. The van der Waals surface area contributed by atoms with E-state index >= 15 is 0 Å². The molecule has 0 aromatic heterocycles. The normalized spacial score (nSPS) is 33.8. The van der Waals surface area contributed by atoms with E-state index in [0.29, 0.717) is 17.2 Å². The summed E-state index contributed by atoms with van der Waals surface area (Å²) in [7, 11) is 3.34. The zero-order valence-electron chi connectivity index (χ0n) is 21.2. The van der Waals surface area contributed by atoms with E-state index in [1.54, 1.807) is 19.0 Å². The fourth-order valence-electron chi connectivity index (χ4n) is 7.07. The molecule has 38 heavy (non-hydrogen) atoms. The van der Waals surface area contributed by atoms with Gasteiger partial charge in [-0.2, -0.15) is 0 Å². The maximum atomic E-state index is 13.8. The number of likely N-dealkylation sites (N-methyl/N-ethyl adjacent to an activating group) is 1. The lowest BCUT2D eigenvalue weighted by Gasteiger charge is -2.45. The van der Waals surface area contributed by atoms with Gasteiger partial charge >= 0.3 is 0 Å². The Balaban J connectivity index is 1.45. The quantitative estimate of drug-likeness (QED) is 0.227. The number of nitrogens with zero attached hydrogens (tertiary/aromatic N) is 1. The first kappa shape index (κ1) is 25.1. The zero-order valence-corrected chi connectivity index (χ0v) is 21.2. The number of rotatable bonds is 6. The second kappa shape index (κ2) is 8.12. The molecular formula is C27H31N3O8. The van der Waals surface area contributed by atoms with Gasteiger partial charge in [0.05, 0.1) is 18.2 Å². The van der Waals surface area contributed by atoms with Crippen LogP contribution in [0.2, 0.25) is 0 Å². The largest absolute Gasteiger partial charge is 0.510 e. The van der Waals surface area contributed by atoms with Gasteiger partial charge in [-0.3, -0.25) is 19.3 Å². The number of hydrogen-bond acceptors (Lipinski definition) is 10. The van der Waals surface area contributed by atoms with Crippen molar-refractivity contribution in [2.75, 3.05) is 20.6 Å². The molecule has 1 saturated heterocycles. The number of hydrogen-bond donors (Lipinski definition) is 6. The second-order valence-electron chi connectivity index (χ2n) is 11.3. The first-order valence-corrected chi connectivity index (χ1v) is 12.9. The molecule has 1 aromatic rings. The van der Waals surface area contributed by atoms with E-state index in [4.69, 9.17) is 10.5 Å². The molecule has 11 heteroatoms. The van der Waals surface area contributed by atoms with Gasteiger partial charge < -0.3 is 36.2 Å². The molecule has 1 spiro atoms. The van der Waals surface area contributed by atoms with E-state index in [9.17, 15) is 34.8 Å². The molecule has 2 fully saturated rings. The van der Waals surface area contributed by atoms with Crippen LogP contribution in [0.3, 0.4) is 0 Å². The average Bonchev–Trinajstić information content (AvgIpc) is 3.43. The monoisotopic (exact) mass is 525 g/mol. The summed E-state index contributed by atoms with van der Waals surface area (Å²) < 4.78 is 5.67. The molecule has 1 aromatic carbocycles. The summed E-state index contributed by atoms with van der Waals surface area (Å²) in [4.78, 5) is 40.8. The molecule has 5 aliphatic rings. The number of carbonyl (C=O) groups excluding carboxylic acids is 3. The molecule has 1 saturated carbocycles. The Labute approximate surface area is 218 Å². The Morgan fingerprint density at radius 1 is 1.21 bits per heavy atom. The summed E-state index contributed by atoms with van der Waals surface area (Å²) in [6, 6.07) is 2.27. The van der Waals surface area contributed by atoms with Crippen molar-refractivity contribution in [3.63, 3.8) is 0 Å². The Morgan fingerprint density at radius 2 is 1.92 bits per heavy atom. The summed E-state index contributed by atoms with van der Waals surface area (Å²) in [5.41, 5.74) is 3.71. The van der Waals surface area contributed by atoms with Crippen molar-refractivity contribution in [2.45, 2.75) is 55.6 Å². The van der Waals surface area contributed by atoms with Crippen LogP contribution >= 0.6 is 0 Å². The molecule has 6 rings (SSSR count). The third-order valence-electron chi connectivity index (χ3n) is 9.08. The van der Waals surface area contributed by atoms with Crippen LogP contribution in [0, 0.1) is 11.8 Å². The second-order valence-corrected chi connectivity index (χ2v) is 11.3. The van der Waals surface area contributed by atoms with Crippen molar-refractivity contribution < 1.29 is 39.5 Å². The van der Waals surface area contributed by atoms with E-state index in [2.05, 4.69) is 5.32 Å². The predicted octanol–water partition coefficient (Wildman–Crippen LogP) is 0.603. The maximum Gasteiger partial charge on any atom is 0.253 e. The van der Waals surface area contributed by atoms with Crippen LogP contribution in [0.15, 0.2) is 34.8 Å². The van der Waals surface area contributed by atoms with E-state index in [-0.39, 0.29) is 42.1 Å². The number of amides is 1. The highest BCUT2D eigenvalue weighted by atomic mass is 16.8. The van der Waals surface area contributed by atoms with Crippen molar-refractivity contribution in [2.24, 2.45) is 17.6 Å². The standard InChI is InChI=1S/C27H31N3O8/c1-30(2)21-15-9-11-8-14-13(17(32)10-29-12-4-3-5-12)6-7-16(31)19(14)22(33)18(11)24(35)26(15)27(37,38-26)20(23(21)34)25(28)36/h6-7,11-12,15,21,29,31,34-35,37H,3-5,8-10H2,1-2H3,(H2,28,36)/t11-,15-,21-,26-,27?/m0/s1. The van der Waals surface area contributed by atoms with Gasteiger partial charge in [0.1, 0.15) is 22.8 Å². The predicted molar refractivity (Wildman–Crippen MR) is 132 cm³/mol. The van der Waals surface area contributed by atoms with Crippen LogP contribution in [0.25, 0.3) is 0 Å². The van der Waals surface area contributed by atoms with E-state index in [1.807, 2.05) is 0 Å². The number of primary amides is 1. The summed E-state index contributed by atoms with van der Waals surface area (Å²) in [5.74, 6) is -7.00. The minimum absolute atomic E-state index is 0.0418. The minimum Gasteiger partial charge on any atom is -0.510 e. The number of allylic oxidation sites excluding steroid dienone is 1. The lowest BCUT2D eigenvalue weighted by atomic mass is 9.60. The van der Waals surface area contributed by atoms with E-state index in [1.165, 1.54) is 12.1 Å². The number of fused-ring (bicyclic) bond motifs is 2. The highest BCUT2D eigenvalue weighted by Crippen LogP contribution is 2.68. The average molecular weight is 526 g/mol. The number of aliphatic hydroxyl groups is 3. The molecule has 0 bridgehead atoms. The summed E-state index contributed by atoms with van der Waals surface area (Å²) >= 11 is 0. The van der Waals surface area contributed by atoms with Gasteiger partial charge in [-0.1, -0.05) is 6.42 Å². The van der Waals surface area contributed by atoms with Crippen LogP contribution in [0.1, 0.15) is 52.0 Å². The first-order chi connectivity index (χ1) is 17.9. The van der Waals surface area contributed by atoms with Crippen LogP contribution < -0.4 is 11.1 Å². The number of carbonyl (C=O) groups is 3. The Hall–Kier alpha value is -3.25. The van der Waals surface area contributed by atoms with Crippen molar-refractivity contribution in [1.82, 2.24) is 10.2 Å². The van der Waals surface area contributed by atoms with Crippen molar-refractivity contribution >= 4 is 17.5 Å². The van der Waals surface area contributed by atoms with Gasteiger partial charge in [-0.15, -0.1) is 0 Å². The number of epoxide rings is 1.